The molecule has 0 radical (unpaired) electrons. The predicted octanol–water partition coefficient (Wildman–Crippen LogP) is -1.33. The van der Waals surface area contributed by atoms with Gasteiger partial charge in [-0.05, 0) is 17.2 Å². The SMILES string of the molecule is O=c1c2ccccc2ncn1CC1=[N+](C2O[C@H](CO)[C@@H](O)[C@H]2O)CN=N1. The third-order valence-electron chi connectivity index (χ3n) is 4.60. The van der Waals surface area contributed by atoms with Crippen molar-refractivity contribution in [3.63, 3.8) is 0 Å². The number of rotatable bonds is 4. The molecule has 10 nitrogen and oxygen atoms in total. The van der Waals surface area contributed by atoms with E-state index in [1.807, 2.05) is 6.07 Å². The minimum Gasteiger partial charge on any atom is -0.394 e. The van der Waals surface area contributed by atoms with Crippen molar-refractivity contribution in [2.24, 2.45) is 10.2 Å². The summed E-state index contributed by atoms with van der Waals surface area (Å²) in [6.45, 7) is -0.204. The summed E-state index contributed by atoms with van der Waals surface area (Å²) in [5, 5.41) is 37.8. The van der Waals surface area contributed by atoms with Gasteiger partial charge in [0.1, 0.15) is 24.9 Å². The van der Waals surface area contributed by atoms with Gasteiger partial charge in [-0.25, -0.2) is 9.56 Å². The highest BCUT2D eigenvalue weighted by Crippen LogP contribution is 2.23. The first-order chi connectivity index (χ1) is 12.6. The van der Waals surface area contributed by atoms with Gasteiger partial charge < -0.3 is 20.1 Å². The largest absolute Gasteiger partial charge is 0.394 e. The number of azo groups is 1. The summed E-state index contributed by atoms with van der Waals surface area (Å²) in [4.78, 5) is 16.9. The second-order valence-electron chi connectivity index (χ2n) is 6.19. The molecule has 0 aliphatic carbocycles. The Hall–Kier alpha value is -2.53. The first-order valence-corrected chi connectivity index (χ1v) is 8.17. The molecule has 2 aromatic rings. The van der Waals surface area contributed by atoms with E-state index in [4.69, 9.17) is 4.74 Å². The molecule has 3 N–H and O–H groups in total. The second kappa shape index (κ2) is 6.65. The lowest BCUT2D eigenvalue weighted by Crippen LogP contribution is -2.41. The lowest BCUT2D eigenvalue weighted by atomic mass is 10.1. The summed E-state index contributed by atoms with van der Waals surface area (Å²) in [6, 6.07) is 7.03. The molecule has 1 fully saturated rings. The smallest absolute Gasteiger partial charge is 0.345 e. The molecule has 0 spiro atoms. The Kier molecular flexibility index (Phi) is 4.32. The van der Waals surface area contributed by atoms with Crippen molar-refractivity contribution in [3.8, 4) is 0 Å². The van der Waals surface area contributed by atoms with Gasteiger partial charge >= 0.3 is 5.84 Å². The third-order valence-corrected chi connectivity index (χ3v) is 4.60. The molecule has 0 amide bonds. The Morgan fingerprint density at radius 3 is 2.85 bits per heavy atom. The topological polar surface area (TPSA) is 133 Å². The Balaban J connectivity index is 1.67. The molecule has 136 valence electrons. The van der Waals surface area contributed by atoms with Gasteiger partial charge in [0.15, 0.2) is 0 Å². The fourth-order valence-electron chi connectivity index (χ4n) is 3.18. The first kappa shape index (κ1) is 16.9. The molecule has 1 aromatic carbocycles. The van der Waals surface area contributed by atoms with Crippen LogP contribution in [0.25, 0.3) is 10.9 Å². The van der Waals surface area contributed by atoms with Crippen molar-refractivity contribution in [1.29, 1.82) is 0 Å². The third kappa shape index (κ3) is 2.72. The van der Waals surface area contributed by atoms with Crippen molar-refractivity contribution >= 4 is 16.7 Å². The normalized spacial score (nSPS) is 28.4. The van der Waals surface area contributed by atoms with E-state index in [0.717, 1.165) is 0 Å². The average Bonchev–Trinajstić information content (AvgIpc) is 3.22. The number of aromatic nitrogens is 2. The summed E-state index contributed by atoms with van der Waals surface area (Å²) in [5.41, 5.74) is 0.387. The van der Waals surface area contributed by atoms with Gasteiger partial charge in [-0.1, -0.05) is 12.1 Å². The summed E-state index contributed by atoms with van der Waals surface area (Å²) in [5.74, 6) is 0.402. The molecule has 0 bridgehead atoms. The molecule has 2 aliphatic rings. The van der Waals surface area contributed by atoms with Crippen molar-refractivity contribution in [2.75, 3.05) is 13.3 Å². The van der Waals surface area contributed by atoms with Crippen LogP contribution in [0.15, 0.2) is 45.6 Å². The van der Waals surface area contributed by atoms with Gasteiger partial charge in [0.2, 0.25) is 12.9 Å². The van der Waals surface area contributed by atoms with Crippen molar-refractivity contribution in [3.05, 3.63) is 40.9 Å². The zero-order chi connectivity index (χ0) is 18.3. The first-order valence-electron chi connectivity index (χ1n) is 8.17. The average molecular weight is 360 g/mol. The lowest BCUT2D eigenvalue weighted by molar-refractivity contribution is -0.614. The molecule has 2 aliphatic heterocycles. The predicted molar refractivity (Wildman–Crippen MR) is 88.8 cm³/mol. The number of hydrogen-bond acceptors (Lipinski definition) is 8. The maximum absolute atomic E-state index is 12.6. The van der Waals surface area contributed by atoms with Gasteiger partial charge in [-0.15, -0.1) is 0 Å². The van der Waals surface area contributed by atoms with Gasteiger partial charge in [-0.2, -0.15) is 0 Å². The van der Waals surface area contributed by atoms with Crippen LogP contribution in [-0.2, 0) is 11.3 Å². The standard InChI is InChI=1S/C16H18N5O5/c22-6-11-13(23)14(24)16(26-11)21-8-18-19-12(21)5-20-7-17-10-4-2-1-3-9(10)15(20)25/h1-4,7,11,13-14,16,22-24H,5-6,8H2/q+1/t11-,13-,14-,16?/m1/s1. The zero-order valence-corrected chi connectivity index (χ0v) is 13.7. The number of amidine groups is 1. The number of benzene rings is 1. The van der Waals surface area contributed by atoms with Gasteiger partial charge in [0, 0.05) is 0 Å². The number of aliphatic hydroxyl groups is 3. The van der Waals surface area contributed by atoms with E-state index in [2.05, 4.69) is 15.2 Å². The van der Waals surface area contributed by atoms with E-state index in [9.17, 15) is 20.1 Å². The van der Waals surface area contributed by atoms with Crippen LogP contribution in [0, 0.1) is 0 Å². The van der Waals surface area contributed by atoms with Crippen LogP contribution in [0.4, 0.5) is 0 Å². The van der Waals surface area contributed by atoms with E-state index in [0.29, 0.717) is 16.7 Å². The fourth-order valence-corrected chi connectivity index (χ4v) is 3.18. The maximum Gasteiger partial charge on any atom is 0.345 e. The van der Waals surface area contributed by atoms with Gasteiger partial charge in [0.25, 0.3) is 5.56 Å². The van der Waals surface area contributed by atoms with Crippen molar-refractivity contribution in [1.82, 2.24) is 9.55 Å². The Morgan fingerprint density at radius 2 is 2.08 bits per heavy atom. The Labute approximate surface area is 147 Å². The number of para-hydroxylation sites is 1. The minimum absolute atomic E-state index is 0.0899. The Bertz CT molecular complexity index is 955. The lowest BCUT2D eigenvalue weighted by Gasteiger charge is -2.14. The number of aliphatic hydroxyl groups excluding tert-OH is 3. The maximum atomic E-state index is 12.6. The second-order valence-corrected chi connectivity index (χ2v) is 6.19. The van der Waals surface area contributed by atoms with E-state index >= 15 is 0 Å². The molecule has 0 saturated carbocycles. The van der Waals surface area contributed by atoms with Crippen LogP contribution in [0.1, 0.15) is 0 Å². The number of hydrogen-bond donors (Lipinski definition) is 3. The molecular formula is C16H18N5O5+. The molecule has 10 heteroatoms. The number of nitrogens with zero attached hydrogens (tertiary/aromatic N) is 5. The van der Waals surface area contributed by atoms with Crippen LogP contribution in [-0.4, -0.2) is 73.1 Å². The van der Waals surface area contributed by atoms with E-state index in [1.54, 1.807) is 22.8 Å². The van der Waals surface area contributed by atoms with Crippen molar-refractivity contribution in [2.45, 2.75) is 31.1 Å². The highest BCUT2D eigenvalue weighted by atomic mass is 16.6. The molecular weight excluding hydrogens is 342 g/mol. The van der Waals surface area contributed by atoms with Crippen molar-refractivity contribution < 1.29 is 24.6 Å². The summed E-state index contributed by atoms with van der Waals surface area (Å²) in [7, 11) is 0. The summed E-state index contributed by atoms with van der Waals surface area (Å²) >= 11 is 0. The number of fused-ring (bicyclic) bond motifs is 1. The summed E-state index contributed by atoms with van der Waals surface area (Å²) in [6.07, 6.45) is -2.80. The van der Waals surface area contributed by atoms with E-state index < -0.39 is 31.1 Å². The quantitative estimate of drug-likeness (QED) is 0.579. The molecule has 1 aromatic heterocycles. The van der Waals surface area contributed by atoms with Crippen LogP contribution < -0.4 is 5.56 Å². The zero-order valence-electron chi connectivity index (χ0n) is 13.7. The van der Waals surface area contributed by atoms with Crippen LogP contribution >= 0.6 is 0 Å². The van der Waals surface area contributed by atoms with Gasteiger partial charge in [-0.3, -0.25) is 9.36 Å². The van der Waals surface area contributed by atoms with Crippen LogP contribution in [0.5, 0.6) is 0 Å². The van der Waals surface area contributed by atoms with Crippen LogP contribution in [0.2, 0.25) is 0 Å². The van der Waals surface area contributed by atoms with Crippen LogP contribution in [0.3, 0.4) is 0 Å². The molecule has 4 atom stereocenters. The highest BCUT2D eigenvalue weighted by Gasteiger charge is 2.48. The molecule has 1 unspecified atom stereocenters. The summed E-state index contributed by atoms with van der Waals surface area (Å²) < 4.78 is 8.48. The molecule has 1 saturated heterocycles. The fraction of sp³-hybridized carbons (Fsp3) is 0.438. The molecule has 26 heavy (non-hydrogen) atoms. The monoisotopic (exact) mass is 360 g/mol. The van der Waals surface area contributed by atoms with E-state index in [1.165, 1.54) is 10.9 Å². The number of ether oxygens (including phenoxy) is 1. The Morgan fingerprint density at radius 1 is 1.27 bits per heavy atom. The van der Waals surface area contributed by atoms with Gasteiger partial charge in [0.05, 0.1) is 29.0 Å². The highest BCUT2D eigenvalue weighted by molar-refractivity contribution is 5.80. The molecule has 4 rings (SSSR count). The minimum atomic E-state index is -1.22. The van der Waals surface area contributed by atoms with E-state index in [-0.39, 0.29) is 18.8 Å². The molecule has 3 heterocycles.